The molecule has 0 radical (unpaired) electrons. The van der Waals surface area contributed by atoms with Gasteiger partial charge in [0.05, 0.1) is 0 Å². The monoisotopic (exact) mass is 179 g/mol. The fraction of sp³-hybridized carbons (Fsp3) is 0.444. The first-order valence-electron chi connectivity index (χ1n) is 4.09. The quantitative estimate of drug-likeness (QED) is 0.282. The van der Waals surface area contributed by atoms with E-state index in [0.717, 1.165) is 4.74 Å². The van der Waals surface area contributed by atoms with E-state index in [0.29, 0.717) is 5.69 Å². The van der Waals surface area contributed by atoms with E-state index in [2.05, 4.69) is 10.2 Å². The molecule has 1 aromatic rings. The van der Waals surface area contributed by atoms with Gasteiger partial charge in [0.25, 0.3) is 0 Å². The van der Waals surface area contributed by atoms with Crippen molar-refractivity contribution in [1.82, 2.24) is 10.2 Å². The Bertz CT molecular complexity index is 300. The van der Waals surface area contributed by atoms with Gasteiger partial charge in [-0.1, -0.05) is 0 Å². The van der Waals surface area contributed by atoms with E-state index < -0.39 is 5.54 Å². The molecule has 0 spiro atoms. The lowest BCUT2D eigenvalue weighted by molar-refractivity contribution is -0.530. The molecule has 4 heteroatoms. The van der Waals surface area contributed by atoms with Crippen LogP contribution in [0.4, 0.5) is 0 Å². The van der Waals surface area contributed by atoms with Gasteiger partial charge >= 0.3 is 0 Å². The molecule has 0 saturated heterocycles. The second kappa shape index (κ2) is 3.51. The SMILES string of the molecule is CC(C)(C)[N+]([O-])=Cc1cccnn1. The molecule has 1 aromatic heterocycles. The molecule has 1 rings (SSSR count). The topological polar surface area (TPSA) is 51.9 Å². The van der Waals surface area contributed by atoms with E-state index in [4.69, 9.17) is 0 Å². The van der Waals surface area contributed by atoms with E-state index in [1.54, 1.807) is 18.3 Å². The highest BCUT2D eigenvalue weighted by Crippen LogP contribution is 2.04. The summed E-state index contributed by atoms with van der Waals surface area (Å²) >= 11 is 0. The van der Waals surface area contributed by atoms with Crippen LogP contribution in [0.15, 0.2) is 18.3 Å². The molecule has 0 fully saturated rings. The zero-order valence-electron chi connectivity index (χ0n) is 8.06. The van der Waals surface area contributed by atoms with Gasteiger partial charge in [0.15, 0.2) is 5.54 Å². The van der Waals surface area contributed by atoms with Gasteiger partial charge in [-0.05, 0) is 12.1 Å². The summed E-state index contributed by atoms with van der Waals surface area (Å²) in [6.07, 6.45) is 3.01. The van der Waals surface area contributed by atoms with Crippen molar-refractivity contribution < 1.29 is 4.74 Å². The van der Waals surface area contributed by atoms with Crippen LogP contribution in [-0.4, -0.2) is 26.7 Å². The maximum absolute atomic E-state index is 11.4. The third-order valence-electron chi connectivity index (χ3n) is 1.50. The molecule has 1 heterocycles. The minimum Gasteiger partial charge on any atom is -0.623 e. The molecule has 0 unspecified atom stereocenters. The van der Waals surface area contributed by atoms with E-state index in [1.165, 1.54) is 6.21 Å². The number of hydrogen-bond acceptors (Lipinski definition) is 3. The highest BCUT2D eigenvalue weighted by Gasteiger charge is 2.18. The van der Waals surface area contributed by atoms with Gasteiger partial charge in [-0.25, -0.2) is 4.74 Å². The van der Waals surface area contributed by atoms with Gasteiger partial charge in [-0.2, -0.15) is 5.10 Å². The second-order valence-electron chi connectivity index (χ2n) is 3.77. The lowest BCUT2D eigenvalue weighted by Crippen LogP contribution is -2.29. The number of aromatic nitrogens is 2. The summed E-state index contributed by atoms with van der Waals surface area (Å²) in [7, 11) is 0. The summed E-state index contributed by atoms with van der Waals surface area (Å²) in [4.78, 5) is 0. The first kappa shape index (κ1) is 9.64. The zero-order chi connectivity index (χ0) is 9.90. The number of hydrogen-bond donors (Lipinski definition) is 0. The molecule has 4 nitrogen and oxygen atoms in total. The van der Waals surface area contributed by atoms with Gasteiger partial charge in [-0.3, -0.25) is 0 Å². The molecule has 0 bridgehead atoms. The largest absolute Gasteiger partial charge is 0.623 e. The van der Waals surface area contributed by atoms with Crippen molar-refractivity contribution in [3.8, 4) is 0 Å². The number of nitrogens with zero attached hydrogens (tertiary/aromatic N) is 3. The molecule has 13 heavy (non-hydrogen) atoms. The highest BCUT2D eigenvalue weighted by molar-refractivity contribution is 5.72. The standard InChI is InChI=1S/C9H13N3O/c1-9(2,3)12(13)7-8-5-4-6-10-11-8/h4-7H,1-3H3. The van der Waals surface area contributed by atoms with Crippen molar-refractivity contribution >= 4 is 6.21 Å². The third kappa shape index (κ3) is 2.82. The van der Waals surface area contributed by atoms with Crippen LogP contribution in [0.5, 0.6) is 0 Å². The molecular weight excluding hydrogens is 166 g/mol. The van der Waals surface area contributed by atoms with Crippen LogP contribution in [0, 0.1) is 5.21 Å². The van der Waals surface area contributed by atoms with Crippen molar-refractivity contribution in [3.05, 3.63) is 29.2 Å². The first-order chi connectivity index (χ1) is 6.00. The summed E-state index contributed by atoms with van der Waals surface area (Å²) in [5, 5.41) is 18.9. The van der Waals surface area contributed by atoms with Crippen molar-refractivity contribution in [2.75, 3.05) is 0 Å². The molecule has 0 amide bonds. The summed E-state index contributed by atoms with van der Waals surface area (Å²) < 4.78 is 0.872. The Kier molecular flexibility index (Phi) is 2.60. The van der Waals surface area contributed by atoms with Gasteiger partial charge in [0.1, 0.15) is 5.69 Å². The molecule has 0 aliphatic rings. The van der Waals surface area contributed by atoms with E-state index in [-0.39, 0.29) is 0 Å². The van der Waals surface area contributed by atoms with Crippen LogP contribution in [0.2, 0.25) is 0 Å². The summed E-state index contributed by atoms with van der Waals surface area (Å²) in [6.45, 7) is 5.52. The Morgan fingerprint density at radius 2 is 2.15 bits per heavy atom. The van der Waals surface area contributed by atoms with Crippen LogP contribution < -0.4 is 0 Å². The van der Waals surface area contributed by atoms with Crippen molar-refractivity contribution in [2.45, 2.75) is 26.3 Å². The summed E-state index contributed by atoms with van der Waals surface area (Å²) in [6, 6.07) is 3.49. The normalized spacial score (nSPS) is 13.0. The van der Waals surface area contributed by atoms with E-state index in [9.17, 15) is 5.21 Å². The maximum atomic E-state index is 11.4. The van der Waals surface area contributed by atoms with E-state index in [1.807, 2.05) is 20.8 Å². The minimum absolute atomic E-state index is 0.433. The molecular formula is C9H13N3O. The second-order valence-corrected chi connectivity index (χ2v) is 3.77. The highest BCUT2D eigenvalue weighted by atomic mass is 16.5. The van der Waals surface area contributed by atoms with Crippen molar-refractivity contribution in [3.63, 3.8) is 0 Å². The Morgan fingerprint density at radius 1 is 1.46 bits per heavy atom. The predicted octanol–water partition coefficient (Wildman–Crippen LogP) is 1.20. The molecule has 0 saturated carbocycles. The Morgan fingerprint density at radius 3 is 2.62 bits per heavy atom. The number of hydroxylamine groups is 1. The number of rotatable bonds is 1. The van der Waals surface area contributed by atoms with Gasteiger partial charge in [0.2, 0.25) is 6.21 Å². The average molecular weight is 179 g/mol. The molecule has 0 atom stereocenters. The third-order valence-corrected chi connectivity index (χ3v) is 1.50. The van der Waals surface area contributed by atoms with Gasteiger partial charge in [-0.15, -0.1) is 5.10 Å². The van der Waals surface area contributed by atoms with Gasteiger partial charge in [0, 0.05) is 27.0 Å². The molecule has 0 aliphatic heterocycles. The molecule has 70 valence electrons. The first-order valence-corrected chi connectivity index (χ1v) is 4.09. The molecule has 0 aliphatic carbocycles. The van der Waals surface area contributed by atoms with Crippen LogP contribution in [-0.2, 0) is 0 Å². The fourth-order valence-corrected chi connectivity index (χ4v) is 0.696. The van der Waals surface area contributed by atoms with Crippen molar-refractivity contribution in [2.24, 2.45) is 0 Å². The van der Waals surface area contributed by atoms with Crippen LogP contribution >= 0.6 is 0 Å². The molecule has 0 N–H and O–H groups in total. The lowest BCUT2D eigenvalue weighted by atomic mass is 10.1. The summed E-state index contributed by atoms with van der Waals surface area (Å²) in [5.41, 5.74) is 0.143. The lowest BCUT2D eigenvalue weighted by Gasteiger charge is -2.18. The summed E-state index contributed by atoms with van der Waals surface area (Å²) in [5.74, 6) is 0. The smallest absolute Gasteiger partial charge is 0.202 e. The van der Waals surface area contributed by atoms with E-state index >= 15 is 0 Å². The fourth-order valence-electron chi connectivity index (χ4n) is 0.696. The Labute approximate surface area is 77.5 Å². The van der Waals surface area contributed by atoms with Crippen molar-refractivity contribution in [1.29, 1.82) is 0 Å². The maximum Gasteiger partial charge on any atom is 0.202 e. The predicted molar refractivity (Wildman–Crippen MR) is 50.6 cm³/mol. The average Bonchev–Trinajstić information content (AvgIpc) is 2.04. The zero-order valence-corrected chi connectivity index (χ0v) is 8.06. The Balaban J connectivity index is 2.90. The van der Waals surface area contributed by atoms with Gasteiger partial charge < -0.3 is 5.21 Å². The minimum atomic E-state index is -0.433. The van der Waals surface area contributed by atoms with Crippen LogP contribution in [0.1, 0.15) is 26.5 Å². The molecule has 0 aromatic carbocycles. The van der Waals surface area contributed by atoms with Crippen LogP contribution in [0.3, 0.4) is 0 Å². The van der Waals surface area contributed by atoms with Crippen LogP contribution in [0.25, 0.3) is 0 Å². The Hall–Kier alpha value is -1.45.